The molecule has 0 aromatic heterocycles. The van der Waals surface area contributed by atoms with Gasteiger partial charge in [0.25, 0.3) is 5.91 Å². The zero-order valence-corrected chi connectivity index (χ0v) is 19.2. The third-order valence-corrected chi connectivity index (χ3v) is 7.47. The Kier molecular flexibility index (Phi) is 6.44. The van der Waals surface area contributed by atoms with E-state index in [1.807, 2.05) is 62.4 Å². The van der Waals surface area contributed by atoms with Gasteiger partial charge < -0.3 is 4.90 Å². The predicted molar refractivity (Wildman–Crippen MR) is 127 cm³/mol. The third kappa shape index (κ3) is 4.76. The van der Waals surface area contributed by atoms with Gasteiger partial charge in [0.2, 0.25) is 10.0 Å². The van der Waals surface area contributed by atoms with Crippen LogP contribution in [0.15, 0.2) is 83.8 Å². The molecule has 0 aliphatic carbocycles. The Morgan fingerprint density at radius 3 is 2.38 bits per heavy atom. The van der Waals surface area contributed by atoms with E-state index in [0.29, 0.717) is 18.4 Å². The Balaban J connectivity index is 1.48. The SMILES string of the molecule is C[C@@H](CCc1ccccc1)NS(=O)(=O)c1ccc2c(c1)C[C@H](C)N2C(=O)c1ccccc1. The summed E-state index contributed by atoms with van der Waals surface area (Å²) in [6, 6.07) is 24.0. The van der Waals surface area contributed by atoms with Gasteiger partial charge in [-0.1, -0.05) is 48.5 Å². The average molecular weight is 449 g/mol. The molecule has 4 rings (SSSR count). The zero-order chi connectivity index (χ0) is 22.7. The molecule has 0 saturated carbocycles. The quantitative estimate of drug-likeness (QED) is 0.575. The van der Waals surface area contributed by atoms with Crippen LogP contribution in [0.4, 0.5) is 5.69 Å². The summed E-state index contributed by atoms with van der Waals surface area (Å²) in [5.74, 6) is -0.0693. The normalized spacial score (nSPS) is 16.6. The van der Waals surface area contributed by atoms with Gasteiger partial charge in [0.15, 0.2) is 0 Å². The number of anilines is 1. The maximum absolute atomic E-state index is 13.0. The zero-order valence-electron chi connectivity index (χ0n) is 18.4. The summed E-state index contributed by atoms with van der Waals surface area (Å²) in [5.41, 5.74) is 3.47. The summed E-state index contributed by atoms with van der Waals surface area (Å²) < 4.78 is 28.8. The molecule has 3 aromatic rings. The standard InChI is InChI=1S/C26H28N2O3S/c1-19(13-14-21-9-5-3-6-10-21)27-32(30,31)24-15-16-25-23(18-24)17-20(2)28(25)26(29)22-11-7-4-8-12-22/h3-12,15-16,18-20,27H,13-14,17H2,1-2H3/t19-,20-/m0/s1. The van der Waals surface area contributed by atoms with E-state index in [1.54, 1.807) is 35.2 Å². The van der Waals surface area contributed by atoms with Crippen molar-refractivity contribution in [1.29, 1.82) is 0 Å². The Bertz CT molecular complexity index is 1190. The van der Waals surface area contributed by atoms with Crippen LogP contribution >= 0.6 is 0 Å². The van der Waals surface area contributed by atoms with Gasteiger partial charge in [-0.15, -0.1) is 0 Å². The van der Waals surface area contributed by atoms with Gasteiger partial charge >= 0.3 is 0 Å². The minimum Gasteiger partial charge on any atom is -0.305 e. The first-order valence-corrected chi connectivity index (χ1v) is 12.4. The van der Waals surface area contributed by atoms with Crippen LogP contribution in [0.2, 0.25) is 0 Å². The highest BCUT2D eigenvalue weighted by Gasteiger charge is 2.32. The van der Waals surface area contributed by atoms with E-state index in [1.165, 1.54) is 5.56 Å². The highest BCUT2D eigenvalue weighted by molar-refractivity contribution is 7.89. The van der Waals surface area contributed by atoms with E-state index in [0.717, 1.165) is 17.7 Å². The largest absolute Gasteiger partial charge is 0.305 e. The molecule has 3 aromatic carbocycles. The molecule has 0 radical (unpaired) electrons. The van der Waals surface area contributed by atoms with Crippen LogP contribution in [0, 0.1) is 0 Å². The maximum atomic E-state index is 13.0. The molecule has 0 saturated heterocycles. The Morgan fingerprint density at radius 2 is 1.69 bits per heavy atom. The molecule has 6 heteroatoms. The van der Waals surface area contributed by atoms with Gasteiger partial charge in [0, 0.05) is 23.3 Å². The number of rotatable bonds is 7. The smallest absolute Gasteiger partial charge is 0.258 e. The van der Waals surface area contributed by atoms with Crippen molar-refractivity contribution in [1.82, 2.24) is 4.72 Å². The van der Waals surface area contributed by atoms with Crippen LogP contribution in [0.1, 0.15) is 41.8 Å². The molecule has 0 fully saturated rings. The molecule has 1 heterocycles. The average Bonchev–Trinajstić information content (AvgIpc) is 3.13. The molecule has 2 atom stereocenters. The van der Waals surface area contributed by atoms with Crippen molar-refractivity contribution in [3.63, 3.8) is 0 Å². The van der Waals surface area contributed by atoms with E-state index >= 15 is 0 Å². The lowest BCUT2D eigenvalue weighted by molar-refractivity contribution is 0.0981. The summed E-state index contributed by atoms with van der Waals surface area (Å²) >= 11 is 0. The van der Waals surface area contributed by atoms with E-state index in [2.05, 4.69) is 4.72 Å². The summed E-state index contributed by atoms with van der Waals surface area (Å²) in [5, 5.41) is 0. The second-order valence-electron chi connectivity index (χ2n) is 8.43. The number of aryl methyl sites for hydroxylation is 1. The van der Waals surface area contributed by atoms with Gasteiger partial charge in [-0.2, -0.15) is 0 Å². The van der Waals surface area contributed by atoms with Crippen LogP contribution in [0.25, 0.3) is 0 Å². The Labute approximate surface area is 190 Å². The number of carbonyl (C=O) groups excluding carboxylic acids is 1. The number of benzene rings is 3. The van der Waals surface area contributed by atoms with Gasteiger partial charge in [0.05, 0.1) is 4.90 Å². The predicted octanol–water partition coefficient (Wildman–Crippen LogP) is 4.58. The lowest BCUT2D eigenvalue weighted by atomic mass is 10.1. The summed E-state index contributed by atoms with van der Waals surface area (Å²) in [4.78, 5) is 15.0. The van der Waals surface area contributed by atoms with Crippen LogP contribution in [-0.4, -0.2) is 26.4 Å². The first-order valence-electron chi connectivity index (χ1n) is 10.9. The minimum atomic E-state index is -3.65. The third-order valence-electron chi connectivity index (χ3n) is 5.88. The fourth-order valence-corrected chi connectivity index (χ4v) is 5.55. The monoisotopic (exact) mass is 448 g/mol. The molecule has 5 nitrogen and oxygen atoms in total. The first kappa shape index (κ1) is 22.2. The van der Waals surface area contributed by atoms with Crippen LogP contribution in [-0.2, 0) is 22.9 Å². The van der Waals surface area contributed by atoms with E-state index in [9.17, 15) is 13.2 Å². The van der Waals surface area contributed by atoms with Crippen molar-refractivity contribution >= 4 is 21.6 Å². The van der Waals surface area contributed by atoms with Crippen LogP contribution in [0.3, 0.4) is 0 Å². The van der Waals surface area contributed by atoms with Crippen molar-refractivity contribution in [2.45, 2.75) is 50.1 Å². The van der Waals surface area contributed by atoms with E-state index in [-0.39, 0.29) is 22.9 Å². The molecule has 166 valence electrons. The topological polar surface area (TPSA) is 66.5 Å². The van der Waals surface area contributed by atoms with Crippen molar-refractivity contribution in [3.05, 3.63) is 95.6 Å². The number of hydrogen-bond acceptors (Lipinski definition) is 3. The molecule has 0 unspecified atom stereocenters. The summed E-state index contributed by atoms with van der Waals surface area (Å²) in [6.07, 6.45) is 2.15. The first-order chi connectivity index (χ1) is 15.3. The molecular formula is C26H28N2O3S. The number of sulfonamides is 1. The van der Waals surface area contributed by atoms with Gasteiger partial charge in [-0.25, -0.2) is 13.1 Å². The van der Waals surface area contributed by atoms with Crippen LogP contribution in [0.5, 0.6) is 0 Å². The number of amides is 1. The van der Waals surface area contributed by atoms with Crippen molar-refractivity contribution in [2.75, 3.05) is 4.90 Å². The Hall–Kier alpha value is -2.96. The Morgan fingerprint density at radius 1 is 1.03 bits per heavy atom. The number of fused-ring (bicyclic) bond motifs is 1. The molecule has 1 amide bonds. The molecule has 1 N–H and O–H groups in total. The van der Waals surface area contributed by atoms with Gasteiger partial charge in [-0.3, -0.25) is 4.79 Å². The molecule has 1 aliphatic rings. The molecule has 0 spiro atoms. The second kappa shape index (κ2) is 9.27. The molecule has 1 aliphatic heterocycles. The molecule has 32 heavy (non-hydrogen) atoms. The number of nitrogens with one attached hydrogen (secondary N) is 1. The lowest BCUT2D eigenvalue weighted by Crippen LogP contribution is -2.35. The van der Waals surface area contributed by atoms with E-state index in [4.69, 9.17) is 0 Å². The molecule has 0 bridgehead atoms. The molecular weight excluding hydrogens is 420 g/mol. The van der Waals surface area contributed by atoms with Crippen LogP contribution < -0.4 is 9.62 Å². The summed E-state index contributed by atoms with van der Waals surface area (Å²) in [7, 11) is -3.65. The summed E-state index contributed by atoms with van der Waals surface area (Å²) in [6.45, 7) is 3.87. The van der Waals surface area contributed by atoms with Crippen molar-refractivity contribution in [2.24, 2.45) is 0 Å². The van der Waals surface area contributed by atoms with Gasteiger partial charge in [0.1, 0.15) is 0 Å². The highest BCUT2D eigenvalue weighted by atomic mass is 32.2. The fourth-order valence-electron chi connectivity index (χ4n) is 4.22. The second-order valence-corrected chi connectivity index (χ2v) is 10.1. The fraction of sp³-hybridized carbons (Fsp3) is 0.269. The maximum Gasteiger partial charge on any atom is 0.258 e. The van der Waals surface area contributed by atoms with Gasteiger partial charge in [-0.05, 0) is 74.6 Å². The van der Waals surface area contributed by atoms with Crippen molar-refractivity contribution in [3.8, 4) is 0 Å². The number of nitrogens with zero attached hydrogens (tertiary/aromatic N) is 1. The highest BCUT2D eigenvalue weighted by Crippen LogP contribution is 2.35. The van der Waals surface area contributed by atoms with Crippen molar-refractivity contribution < 1.29 is 13.2 Å². The lowest BCUT2D eigenvalue weighted by Gasteiger charge is -2.23. The minimum absolute atomic E-state index is 0.0339. The van der Waals surface area contributed by atoms with E-state index < -0.39 is 10.0 Å². The number of hydrogen-bond donors (Lipinski definition) is 1. The number of carbonyl (C=O) groups is 1.